The molecule has 0 saturated carbocycles. The Bertz CT molecular complexity index is 600. The Balaban J connectivity index is 1.70. The number of hydrogen-bond acceptors (Lipinski definition) is 4. The van der Waals surface area contributed by atoms with Crippen molar-refractivity contribution in [2.45, 2.75) is 38.3 Å². The number of benzene rings is 1. The highest BCUT2D eigenvalue weighted by Crippen LogP contribution is 2.27. The van der Waals surface area contributed by atoms with Crippen LogP contribution in [0.3, 0.4) is 0 Å². The van der Waals surface area contributed by atoms with E-state index in [2.05, 4.69) is 41.5 Å². The number of piperidine rings is 1. The van der Waals surface area contributed by atoms with Gasteiger partial charge < -0.3 is 15.4 Å². The summed E-state index contributed by atoms with van der Waals surface area (Å²) in [7, 11) is 0. The van der Waals surface area contributed by atoms with Crippen molar-refractivity contribution in [3.05, 3.63) is 34.9 Å². The molecule has 26 heavy (non-hydrogen) atoms. The maximum absolute atomic E-state index is 12.6. The summed E-state index contributed by atoms with van der Waals surface area (Å²) in [4.78, 5) is 15.0. The highest BCUT2D eigenvalue weighted by Gasteiger charge is 2.32. The van der Waals surface area contributed by atoms with Crippen LogP contribution in [0.4, 0.5) is 0 Å². The van der Waals surface area contributed by atoms with Crippen LogP contribution in [0.15, 0.2) is 24.3 Å². The van der Waals surface area contributed by atoms with E-state index in [1.165, 1.54) is 5.56 Å². The van der Waals surface area contributed by atoms with Gasteiger partial charge in [-0.25, -0.2) is 0 Å². The van der Waals surface area contributed by atoms with Crippen molar-refractivity contribution < 1.29 is 9.53 Å². The molecule has 0 radical (unpaired) electrons. The summed E-state index contributed by atoms with van der Waals surface area (Å²) < 4.78 is 5.86. The minimum absolute atomic E-state index is 0.126. The normalized spacial score (nSPS) is 22.7. The quantitative estimate of drug-likeness (QED) is 0.825. The highest BCUT2D eigenvalue weighted by atomic mass is 35.5. The molecule has 3 rings (SSSR count). The zero-order chi connectivity index (χ0) is 18.6. The molecular formula is C20H30ClN3O2. The third-order valence-electron chi connectivity index (χ3n) is 5.33. The zero-order valence-corrected chi connectivity index (χ0v) is 16.5. The third-order valence-corrected chi connectivity index (χ3v) is 5.58. The number of carbonyl (C=O) groups is 1. The van der Waals surface area contributed by atoms with E-state index in [0.717, 1.165) is 44.0 Å². The number of nitrogens with one attached hydrogen (secondary N) is 2. The van der Waals surface area contributed by atoms with E-state index in [0.29, 0.717) is 13.2 Å². The molecule has 6 heteroatoms. The molecule has 0 aromatic heterocycles. The minimum atomic E-state index is -0.179. The van der Waals surface area contributed by atoms with Gasteiger partial charge in [-0.3, -0.25) is 9.69 Å². The number of nitrogens with zero attached hydrogens (tertiary/aromatic N) is 1. The van der Waals surface area contributed by atoms with Crippen molar-refractivity contribution >= 4 is 17.5 Å². The predicted molar refractivity (Wildman–Crippen MR) is 104 cm³/mol. The summed E-state index contributed by atoms with van der Waals surface area (Å²) in [5, 5.41) is 7.25. The van der Waals surface area contributed by atoms with Gasteiger partial charge >= 0.3 is 0 Å². The maximum Gasteiger partial charge on any atom is 0.223 e. The Kier molecular flexibility index (Phi) is 6.56. The molecule has 2 aliphatic heterocycles. The largest absolute Gasteiger partial charge is 0.373 e. The lowest BCUT2D eigenvalue weighted by Gasteiger charge is -2.42. The van der Waals surface area contributed by atoms with Crippen LogP contribution in [0.2, 0.25) is 5.02 Å². The Hall–Kier alpha value is -1.14. The summed E-state index contributed by atoms with van der Waals surface area (Å²) in [6.07, 6.45) is 1.84. The lowest BCUT2D eigenvalue weighted by atomic mass is 9.96. The summed E-state index contributed by atoms with van der Waals surface area (Å²) in [5.41, 5.74) is 1.000. The average molecular weight is 380 g/mol. The van der Waals surface area contributed by atoms with Gasteiger partial charge in [0, 0.05) is 30.6 Å². The highest BCUT2D eigenvalue weighted by molar-refractivity contribution is 6.30. The molecule has 0 spiro atoms. The topological polar surface area (TPSA) is 53.6 Å². The van der Waals surface area contributed by atoms with Crippen molar-refractivity contribution in [3.8, 4) is 0 Å². The lowest BCUT2D eigenvalue weighted by Crippen LogP contribution is -2.52. The van der Waals surface area contributed by atoms with E-state index in [1.807, 2.05) is 12.1 Å². The van der Waals surface area contributed by atoms with Crippen molar-refractivity contribution in [2.75, 3.05) is 39.3 Å². The molecule has 1 amide bonds. The first-order valence-corrected chi connectivity index (χ1v) is 9.94. The van der Waals surface area contributed by atoms with Crippen molar-refractivity contribution in [2.24, 2.45) is 5.92 Å². The molecular weight excluding hydrogens is 350 g/mol. The number of halogens is 1. The molecule has 144 valence electrons. The number of carbonyl (C=O) groups excluding carboxylic acids is 1. The molecule has 1 aromatic rings. The first-order valence-electron chi connectivity index (χ1n) is 9.56. The second-order valence-electron chi connectivity index (χ2n) is 7.92. The molecule has 2 N–H and O–H groups in total. The van der Waals surface area contributed by atoms with Crippen LogP contribution >= 0.6 is 11.6 Å². The fourth-order valence-electron chi connectivity index (χ4n) is 3.89. The van der Waals surface area contributed by atoms with Crippen LogP contribution in [-0.2, 0) is 9.53 Å². The van der Waals surface area contributed by atoms with Gasteiger partial charge in [0.15, 0.2) is 0 Å². The summed E-state index contributed by atoms with van der Waals surface area (Å²) >= 11 is 6.07. The van der Waals surface area contributed by atoms with Crippen molar-refractivity contribution in [1.29, 1.82) is 0 Å². The molecule has 5 nitrogen and oxygen atoms in total. The van der Waals surface area contributed by atoms with Gasteiger partial charge in [0.05, 0.1) is 18.2 Å². The van der Waals surface area contributed by atoms with Gasteiger partial charge in [0.25, 0.3) is 0 Å². The fraction of sp³-hybridized carbons (Fsp3) is 0.650. The van der Waals surface area contributed by atoms with Crippen LogP contribution in [0.1, 0.15) is 38.3 Å². The molecule has 2 aliphatic rings. The summed E-state index contributed by atoms with van der Waals surface area (Å²) in [6.45, 7) is 9.10. The third kappa shape index (κ3) is 5.19. The summed E-state index contributed by atoms with van der Waals surface area (Å²) in [5.74, 6) is 0.307. The maximum atomic E-state index is 12.6. The monoisotopic (exact) mass is 379 g/mol. The van der Waals surface area contributed by atoms with Crippen LogP contribution in [0.25, 0.3) is 0 Å². The first-order chi connectivity index (χ1) is 12.4. The van der Waals surface area contributed by atoms with Crippen molar-refractivity contribution in [1.82, 2.24) is 15.5 Å². The minimum Gasteiger partial charge on any atom is -0.373 e. The first kappa shape index (κ1) is 19.6. The second kappa shape index (κ2) is 8.70. The van der Waals surface area contributed by atoms with Gasteiger partial charge in [-0.2, -0.15) is 0 Å². The zero-order valence-electron chi connectivity index (χ0n) is 15.8. The molecule has 1 aromatic carbocycles. The van der Waals surface area contributed by atoms with Crippen molar-refractivity contribution in [3.63, 3.8) is 0 Å². The predicted octanol–water partition coefficient (Wildman–Crippen LogP) is 2.61. The Morgan fingerprint density at radius 2 is 2.04 bits per heavy atom. The molecule has 2 heterocycles. The smallest absolute Gasteiger partial charge is 0.223 e. The van der Waals surface area contributed by atoms with E-state index in [9.17, 15) is 4.79 Å². The molecule has 0 bridgehead atoms. The van der Waals surface area contributed by atoms with E-state index in [-0.39, 0.29) is 23.5 Å². The number of hydrogen-bond donors (Lipinski definition) is 2. The van der Waals surface area contributed by atoms with Gasteiger partial charge in [0.2, 0.25) is 5.91 Å². The second-order valence-corrected chi connectivity index (χ2v) is 8.35. The fourth-order valence-corrected chi connectivity index (χ4v) is 4.01. The van der Waals surface area contributed by atoms with E-state index < -0.39 is 0 Å². The number of ether oxygens (including phenoxy) is 1. The number of morpholine rings is 1. The Morgan fingerprint density at radius 3 is 2.69 bits per heavy atom. The van der Waals surface area contributed by atoms with Gasteiger partial charge in [-0.15, -0.1) is 0 Å². The summed E-state index contributed by atoms with van der Waals surface area (Å²) in [6, 6.07) is 8.09. The number of amides is 1. The Morgan fingerprint density at radius 1 is 1.35 bits per heavy atom. The molecule has 1 unspecified atom stereocenters. The van der Waals surface area contributed by atoms with E-state index >= 15 is 0 Å². The molecule has 1 atom stereocenters. The van der Waals surface area contributed by atoms with Crippen LogP contribution < -0.4 is 10.6 Å². The van der Waals surface area contributed by atoms with Gasteiger partial charge in [0.1, 0.15) is 0 Å². The molecule has 0 aliphatic carbocycles. The van der Waals surface area contributed by atoms with Gasteiger partial charge in [-0.05, 0) is 57.5 Å². The molecule has 2 saturated heterocycles. The SMILES string of the molecule is CC1(C)CN(C(CNC(=O)C2CCNCC2)c2ccc(Cl)cc2)CCO1. The van der Waals surface area contributed by atoms with E-state index in [1.54, 1.807) is 0 Å². The molecule has 2 fully saturated rings. The van der Waals surface area contributed by atoms with Crippen LogP contribution in [0.5, 0.6) is 0 Å². The number of rotatable bonds is 5. The van der Waals surface area contributed by atoms with E-state index in [4.69, 9.17) is 16.3 Å². The average Bonchev–Trinajstić information content (AvgIpc) is 2.63. The van der Waals surface area contributed by atoms with Crippen LogP contribution in [-0.4, -0.2) is 55.7 Å². The Labute approximate surface area is 161 Å². The van der Waals surface area contributed by atoms with Gasteiger partial charge in [-0.1, -0.05) is 23.7 Å². The lowest BCUT2D eigenvalue weighted by molar-refractivity contribution is -0.126. The van der Waals surface area contributed by atoms with Crippen LogP contribution in [0, 0.1) is 5.92 Å². The standard InChI is InChI=1S/C20H30ClN3O2/c1-20(2)14-24(11-12-26-20)18(15-3-5-17(21)6-4-15)13-23-19(25)16-7-9-22-10-8-16/h3-6,16,18,22H,7-14H2,1-2H3,(H,23,25).